The van der Waals surface area contributed by atoms with Gasteiger partial charge in [0, 0.05) is 17.5 Å². The van der Waals surface area contributed by atoms with Crippen molar-refractivity contribution < 1.29 is 15.7 Å². The number of benzene rings is 2. The SMILES string of the molecule is C.[2H]C([2H])([2H])N(C([2H])([2H])[2H])C([2H])([2H])COC(c1ccccc1)c1ccccc1C. The summed E-state index contributed by atoms with van der Waals surface area (Å²) in [4.78, 5) is -0.0904. The van der Waals surface area contributed by atoms with Crippen LogP contribution in [0.5, 0.6) is 0 Å². The lowest BCUT2D eigenvalue weighted by atomic mass is 9.97. The van der Waals surface area contributed by atoms with Crippen LogP contribution in [-0.4, -0.2) is 32.0 Å². The zero-order valence-corrected chi connectivity index (χ0v) is 11.3. The maximum atomic E-state index is 8.11. The van der Waals surface area contributed by atoms with Crippen LogP contribution in [0.4, 0.5) is 0 Å². The van der Waals surface area contributed by atoms with Crippen LogP contribution in [0.2, 0.25) is 0 Å². The maximum Gasteiger partial charge on any atom is 0.108 e. The van der Waals surface area contributed by atoms with Crippen molar-refractivity contribution in [3.8, 4) is 0 Å². The van der Waals surface area contributed by atoms with E-state index in [9.17, 15) is 0 Å². The minimum atomic E-state index is -3.15. The second-order valence-electron chi connectivity index (χ2n) is 4.45. The zero-order chi connectivity index (χ0) is 21.2. The van der Waals surface area contributed by atoms with Gasteiger partial charge in [-0.3, -0.25) is 0 Å². The van der Waals surface area contributed by atoms with Gasteiger partial charge in [-0.15, -0.1) is 0 Å². The Balaban J connectivity index is 0.00000420. The molecule has 0 saturated heterocycles. The molecule has 0 aliphatic heterocycles. The van der Waals surface area contributed by atoms with Crippen molar-refractivity contribution in [2.24, 2.45) is 0 Å². The van der Waals surface area contributed by atoms with Crippen molar-refractivity contribution in [3.63, 3.8) is 0 Å². The smallest absolute Gasteiger partial charge is 0.108 e. The van der Waals surface area contributed by atoms with E-state index >= 15 is 0 Å². The van der Waals surface area contributed by atoms with E-state index in [1.165, 1.54) is 0 Å². The van der Waals surface area contributed by atoms with Crippen LogP contribution in [0, 0.1) is 6.92 Å². The van der Waals surface area contributed by atoms with Crippen LogP contribution in [0.15, 0.2) is 54.6 Å². The molecule has 2 heteroatoms. The number of ether oxygens (including phenoxy) is 1. The summed E-state index contributed by atoms with van der Waals surface area (Å²) >= 11 is 0. The van der Waals surface area contributed by atoms with E-state index in [0.29, 0.717) is 0 Å². The topological polar surface area (TPSA) is 12.5 Å². The molecule has 1 atom stereocenters. The number of likely N-dealkylation sites (N-methyl/N-ethyl adjacent to an activating group) is 1. The summed E-state index contributed by atoms with van der Waals surface area (Å²) in [7, 11) is 0. The summed E-state index contributed by atoms with van der Waals surface area (Å²) in [5.41, 5.74) is 2.46. The Labute approximate surface area is 140 Å². The summed E-state index contributed by atoms with van der Waals surface area (Å²) in [6.07, 6.45) is -0.674. The summed E-state index contributed by atoms with van der Waals surface area (Å²) in [5, 5.41) is 0. The monoisotopic (exact) mass is 293 g/mol. The van der Waals surface area contributed by atoms with E-state index in [2.05, 4.69) is 0 Å². The molecule has 2 rings (SSSR count). The van der Waals surface area contributed by atoms with Gasteiger partial charge >= 0.3 is 0 Å². The van der Waals surface area contributed by atoms with E-state index in [4.69, 9.17) is 15.7 Å². The molecule has 21 heavy (non-hydrogen) atoms. The molecule has 0 amide bonds. The lowest BCUT2D eigenvalue weighted by molar-refractivity contribution is 0.0683. The molecule has 0 radical (unpaired) electrons. The molecular formula is C19H27NO. The fraction of sp³-hybridized carbons (Fsp3) is 0.368. The molecular weight excluding hydrogens is 258 g/mol. The Morgan fingerprint density at radius 1 is 1.10 bits per heavy atom. The summed E-state index contributed by atoms with van der Waals surface area (Å²) in [6.45, 7) is -7.89. The quantitative estimate of drug-likeness (QED) is 0.787. The standard InChI is InChI=1S/C18H23NO.CH4/c1-15-9-7-8-12-17(15)18(20-14-13-19(2)3)16-10-5-4-6-11-16;/h4-12,18H,13-14H2,1-3H3;1H4/i2D3,3D3,13D2;. The first-order valence-corrected chi connectivity index (χ1v) is 6.36. The maximum absolute atomic E-state index is 8.11. The Hall–Kier alpha value is -1.64. The molecule has 2 nitrogen and oxygen atoms in total. The lowest BCUT2D eigenvalue weighted by Crippen LogP contribution is -2.20. The average molecular weight is 293 g/mol. The number of rotatable bonds is 6. The van der Waals surface area contributed by atoms with E-state index in [0.717, 1.165) is 16.7 Å². The van der Waals surface area contributed by atoms with Crippen LogP contribution < -0.4 is 0 Å². The highest BCUT2D eigenvalue weighted by atomic mass is 16.5. The van der Waals surface area contributed by atoms with Crippen LogP contribution in [0.3, 0.4) is 0 Å². The van der Waals surface area contributed by atoms with Gasteiger partial charge in [0.25, 0.3) is 0 Å². The second-order valence-corrected chi connectivity index (χ2v) is 4.45. The second kappa shape index (κ2) is 8.60. The molecule has 0 heterocycles. The average Bonchev–Trinajstić information content (AvgIpc) is 2.54. The largest absolute Gasteiger partial charge is 0.367 e. The van der Waals surface area contributed by atoms with Gasteiger partial charge in [0.1, 0.15) is 6.10 Å². The number of hydrogen-bond donors (Lipinski definition) is 0. The third kappa shape index (κ3) is 5.00. The van der Waals surface area contributed by atoms with Crippen LogP contribution in [0.1, 0.15) is 41.2 Å². The first-order chi connectivity index (χ1) is 12.8. The van der Waals surface area contributed by atoms with E-state index in [1.807, 2.05) is 61.5 Å². The van der Waals surface area contributed by atoms with Gasteiger partial charge in [-0.2, -0.15) is 0 Å². The third-order valence-electron chi connectivity index (χ3n) is 3.05. The number of nitrogens with zero attached hydrogens (tertiary/aromatic N) is 1. The molecule has 2 aromatic rings. The van der Waals surface area contributed by atoms with Crippen molar-refractivity contribution in [1.29, 1.82) is 0 Å². The highest BCUT2D eigenvalue weighted by Gasteiger charge is 2.16. The van der Waals surface area contributed by atoms with Gasteiger partial charge in [0.2, 0.25) is 0 Å². The van der Waals surface area contributed by atoms with Gasteiger partial charge in [-0.1, -0.05) is 62.0 Å². The normalized spacial score (nSPS) is 19.5. The molecule has 1 unspecified atom stereocenters. The predicted octanol–water partition coefficient (Wildman–Crippen LogP) is 4.30. The summed E-state index contributed by atoms with van der Waals surface area (Å²) < 4.78 is 66.8. The van der Waals surface area contributed by atoms with Crippen molar-refractivity contribution in [2.45, 2.75) is 20.5 Å². The Bertz CT molecular complexity index is 760. The molecule has 0 aromatic heterocycles. The molecule has 0 fully saturated rings. The number of hydrogen-bond acceptors (Lipinski definition) is 2. The van der Waals surface area contributed by atoms with Crippen molar-refractivity contribution in [1.82, 2.24) is 4.90 Å². The first-order valence-electron chi connectivity index (χ1n) is 10.4. The minimum absolute atomic E-state index is 0. The van der Waals surface area contributed by atoms with Gasteiger partial charge in [0.05, 0.1) is 6.61 Å². The molecule has 0 N–H and O–H groups in total. The molecule has 0 aliphatic carbocycles. The van der Waals surface area contributed by atoms with Gasteiger partial charge in [0.15, 0.2) is 0 Å². The number of aryl methyl sites for hydroxylation is 1. The van der Waals surface area contributed by atoms with Gasteiger partial charge in [-0.25, -0.2) is 0 Å². The van der Waals surface area contributed by atoms with E-state index in [1.54, 1.807) is 0 Å². The fourth-order valence-corrected chi connectivity index (χ4v) is 2.06. The molecule has 0 spiro atoms. The molecule has 2 aromatic carbocycles. The minimum Gasteiger partial charge on any atom is -0.367 e. The third-order valence-corrected chi connectivity index (χ3v) is 3.05. The van der Waals surface area contributed by atoms with E-state index in [-0.39, 0.29) is 12.3 Å². The highest BCUT2D eigenvalue weighted by molar-refractivity contribution is 5.35. The van der Waals surface area contributed by atoms with E-state index < -0.39 is 33.2 Å². The van der Waals surface area contributed by atoms with Gasteiger partial charge in [-0.05, 0) is 37.6 Å². The lowest BCUT2D eigenvalue weighted by Gasteiger charge is -2.22. The van der Waals surface area contributed by atoms with Crippen molar-refractivity contribution in [3.05, 3.63) is 71.3 Å². The predicted molar refractivity (Wildman–Crippen MR) is 90.7 cm³/mol. The first kappa shape index (κ1) is 8.72. The molecule has 0 bridgehead atoms. The van der Waals surface area contributed by atoms with Gasteiger partial charge < -0.3 is 9.64 Å². The molecule has 0 aliphatic rings. The highest BCUT2D eigenvalue weighted by Crippen LogP contribution is 2.28. The fourth-order valence-electron chi connectivity index (χ4n) is 2.06. The Morgan fingerprint density at radius 3 is 2.43 bits per heavy atom. The molecule has 114 valence electrons. The zero-order valence-electron chi connectivity index (χ0n) is 19.3. The van der Waals surface area contributed by atoms with Crippen LogP contribution in [0.25, 0.3) is 0 Å². The van der Waals surface area contributed by atoms with Crippen molar-refractivity contribution in [2.75, 3.05) is 27.1 Å². The van der Waals surface area contributed by atoms with Crippen LogP contribution >= 0.6 is 0 Å². The Kier molecular flexibility index (Phi) is 3.57. The summed E-state index contributed by atoms with van der Waals surface area (Å²) in [5.74, 6) is 0. The Morgan fingerprint density at radius 2 is 1.76 bits per heavy atom. The van der Waals surface area contributed by atoms with Crippen molar-refractivity contribution >= 4 is 0 Å². The molecule has 0 saturated carbocycles. The summed E-state index contributed by atoms with van der Waals surface area (Å²) in [6, 6.07) is 16.5. The van der Waals surface area contributed by atoms with Crippen LogP contribution in [-0.2, 0) is 4.74 Å².